The van der Waals surface area contributed by atoms with Gasteiger partial charge < -0.3 is 5.32 Å². The van der Waals surface area contributed by atoms with E-state index in [1.54, 1.807) is 0 Å². The first-order valence-corrected chi connectivity index (χ1v) is 5.60. The van der Waals surface area contributed by atoms with E-state index in [0.717, 1.165) is 18.1 Å². The number of halogens is 2. The maximum absolute atomic E-state index is 5.95. The molecule has 0 radical (unpaired) electrons. The average Bonchev–Trinajstić information content (AvgIpc) is 2.61. The predicted molar refractivity (Wildman–Crippen MR) is 59.4 cm³/mol. The topological polar surface area (TPSA) is 12.0 Å². The summed E-state index contributed by atoms with van der Waals surface area (Å²) in [5.41, 5.74) is 1.33. The Morgan fingerprint density at radius 3 is 3.00 bits per heavy atom. The van der Waals surface area contributed by atoms with Crippen molar-refractivity contribution in [2.24, 2.45) is 0 Å². The lowest BCUT2D eigenvalue weighted by atomic mass is 9.99. The van der Waals surface area contributed by atoms with Gasteiger partial charge in [0, 0.05) is 16.0 Å². The van der Waals surface area contributed by atoms with Crippen LogP contribution in [0.1, 0.15) is 17.9 Å². The Bertz CT molecular complexity index is 308. The van der Waals surface area contributed by atoms with Crippen molar-refractivity contribution < 1.29 is 0 Å². The van der Waals surface area contributed by atoms with Crippen molar-refractivity contribution >= 4 is 27.5 Å². The predicted octanol–water partition coefficient (Wildman–Crippen LogP) is 3.18. The van der Waals surface area contributed by atoms with Crippen molar-refractivity contribution in [1.29, 1.82) is 0 Å². The smallest absolute Gasteiger partial charge is 0.0409 e. The average molecular weight is 261 g/mol. The molecule has 70 valence electrons. The van der Waals surface area contributed by atoms with Crippen LogP contribution < -0.4 is 5.32 Å². The van der Waals surface area contributed by atoms with E-state index >= 15 is 0 Å². The van der Waals surface area contributed by atoms with Gasteiger partial charge in [-0.15, -0.1) is 0 Å². The SMILES string of the molecule is Clc1ccc(Br)c([C@H]2CCNC2)c1. The zero-order valence-electron chi connectivity index (χ0n) is 7.19. The van der Waals surface area contributed by atoms with Crippen LogP contribution in [-0.4, -0.2) is 13.1 Å². The van der Waals surface area contributed by atoms with Gasteiger partial charge >= 0.3 is 0 Å². The molecule has 3 heteroatoms. The molecule has 1 aliphatic rings. The number of hydrogen-bond donors (Lipinski definition) is 1. The first-order chi connectivity index (χ1) is 6.27. The molecular formula is C10H11BrClN. The van der Waals surface area contributed by atoms with Crippen LogP contribution in [0.15, 0.2) is 22.7 Å². The molecule has 0 bridgehead atoms. The minimum absolute atomic E-state index is 0.619. The Hall–Kier alpha value is -0.0500. The summed E-state index contributed by atoms with van der Waals surface area (Å²) < 4.78 is 1.17. The van der Waals surface area contributed by atoms with Gasteiger partial charge in [0.25, 0.3) is 0 Å². The summed E-state index contributed by atoms with van der Waals surface area (Å²) in [5, 5.41) is 4.18. The van der Waals surface area contributed by atoms with Crippen LogP contribution in [0.2, 0.25) is 5.02 Å². The second-order valence-electron chi connectivity index (χ2n) is 3.36. The number of rotatable bonds is 1. The summed E-state index contributed by atoms with van der Waals surface area (Å²) in [6, 6.07) is 6.00. The normalized spacial score (nSPS) is 22.2. The molecule has 1 heterocycles. The molecule has 0 aromatic heterocycles. The molecule has 1 atom stereocenters. The van der Waals surface area contributed by atoms with E-state index in [1.807, 2.05) is 12.1 Å². The zero-order chi connectivity index (χ0) is 9.26. The number of benzene rings is 1. The van der Waals surface area contributed by atoms with E-state index in [4.69, 9.17) is 11.6 Å². The van der Waals surface area contributed by atoms with Gasteiger partial charge in [-0.1, -0.05) is 27.5 Å². The fourth-order valence-electron chi connectivity index (χ4n) is 1.75. The third-order valence-corrected chi connectivity index (χ3v) is 3.42. The maximum Gasteiger partial charge on any atom is 0.0409 e. The largest absolute Gasteiger partial charge is 0.316 e. The molecule has 0 amide bonds. The van der Waals surface area contributed by atoms with Crippen molar-refractivity contribution in [3.05, 3.63) is 33.3 Å². The lowest BCUT2D eigenvalue weighted by Gasteiger charge is -2.11. The van der Waals surface area contributed by atoms with Crippen molar-refractivity contribution in [1.82, 2.24) is 5.32 Å². The third-order valence-electron chi connectivity index (χ3n) is 2.46. The van der Waals surface area contributed by atoms with Crippen LogP contribution in [0.5, 0.6) is 0 Å². The molecule has 1 fully saturated rings. The molecule has 2 rings (SSSR count). The molecule has 13 heavy (non-hydrogen) atoms. The number of nitrogens with one attached hydrogen (secondary N) is 1. The minimum atomic E-state index is 0.619. The third kappa shape index (κ3) is 2.06. The quantitative estimate of drug-likeness (QED) is 0.818. The molecule has 1 aromatic rings. The summed E-state index contributed by atoms with van der Waals surface area (Å²) in [7, 11) is 0. The zero-order valence-corrected chi connectivity index (χ0v) is 9.53. The van der Waals surface area contributed by atoms with E-state index in [0.29, 0.717) is 5.92 Å². The second kappa shape index (κ2) is 3.99. The molecule has 1 N–H and O–H groups in total. The summed E-state index contributed by atoms with van der Waals surface area (Å²) in [5.74, 6) is 0.619. The molecule has 1 aromatic carbocycles. The number of hydrogen-bond acceptors (Lipinski definition) is 1. The first-order valence-electron chi connectivity index (χ1n) is 4.43. The molecular weight excluding hydrogens is 249 g/mol. The standard InChI is InChI=1S/C10H11BrClN/c11-10-2-1-8(12)5-9(10)7-3-4-13-6-7/h1-2,5,7,13H,3-4,6H2/t7-/m0/s1. The Labute approximate surface area is 91.6 Å². The molecule has 0 unspecified atom stereocenters. The van der Waals surface area contributed by atoms with Crippen LogP contribution >= 0.6 is 27.5 Å². The summed E-state index contributed by atoms with van der Waals surface area (Å²) in [6.07, 6.45) is 1.21. The van der Waals surface area contributed by atoms with Gasteiger partial charge in [-0.05, 0) is 42.6 Å². The monoisotopic (exact) mass is 259 g/mol. The van der Waals surface area contributed by atoms with Crippen LogP contribution in [0.4, 0.5) is 0 Å². The first kappa shape index (κ1) is 9.50. The lowest BCUT2D eigenvalue weighted by Crippen LogP contribution is -2.08. The molecule has 1 saturated heterocycles. The van der Waals surface area contributed by atoms with Gasteiger partial charge in [0.1, 0.15) is 0 Å². The van der Waals surface area contributed by atoms with E-state index in [-0.39, 0.29) is 0 Å². The van der Waals surface area contributed by atoms with Gasteiger partial charge in [0.05, 0.1) is 0 Å². The minimum Gasteiger partial charge on any atom is -0.316 e. The highest BCUT2D eigenvalue weighted by molar-refractivity contribution is 9.10. The van der Waals surface area contributed by atoms with Crippen LogP contribution in [0.25, 0.3) is 0 Å². The van der Waals surface area contributed by atoms with Gasteiger partial charge in [-0.2, -0.15) is 0 Å². The van der Waals surface area contributed by atoms with E-state index < -0.39 is 0 Å². The highest BCUT2D eigenvalue weighted by Gasteiger charge is 2.18. The Balaban J connectivity index is 2.32. The van der Waals surface area contributed by atoms with Crippen LogP contribution in [-0.2, 0) is 0 Å². The van der Waals surface area contributed by atoms with E-state index in [9.17, 15) is 0 Å². The Kier molecular flexibility index (Phi) is 2.92. The fourth-order valence-corrected chi connectivity index (χ4v) is 2.50. The summed E-state index contributed by atoms with van der Waals surface area (Å²) in [4.78, 5) is 0. The van der Waals surface area contributed by atoms with Gasteiger partial charge in [0.2, 0.25) is 0 Å². The lowest BCUT2D eigenvalue weighted by molar-refractivity contribution is 0.760. The van der Waals surface area contributed by atoms with E-state index in [2.05, 4.69) is 27.3 Å². The summed E-state index contributed by atoms with van der Waals surface area (Å²) in [6.45, 7) is 2.18. The van der Waals surface area contributed by atoms with Gasteiger partial charge in [-0.3, -0.25) is 0 Å². The Morgan fingerprint density at radius 1 is 1.46 bits per heavy atom. The van der Waals surface area contributed by atoms with Crippen molar-refractivity contribution in [2.75, 3.05) is 13.1 Å². The van der Waals surface area contributed by atoms with Crippen LogP contribution in [0, 0.1) is 0 Å². The van der Waals surface area contributed by atoms with E-state index in [1.165, 1.54) is 16.5 Å². The highest BCUT2D eigenvalue weighted by atomic mass is 79.9. The van der Waals surface area contributed by atoms with Crippen molar-refractivity contribution in [3.8, 4) is 0 Å². The molecule has 0 aliphatic carbocycles. The van der Waals surface area contributed by atoms with Gasteiger partial charge in [-0.25, -0.2) is 0 Å². The molecule has 0 saturated carbocycles. The maximum atomic E-state index is 5.95. The van der Waals surface area contributed by atoms with Crippen molar-refractivity contribution in [2.45, 2.75) is 12.3 Å². The van der Waals surface area contributed by atoms with Crippen LogP contribution in [0.3, 0.4) is 0 Å². The van der Waals surface area contributed by atoms with Crippen molar-refractivity contribution in [3.63, 3.8) is 0 Å². The highest BCUT2D eigenvalue weighted by Crippen LogP contribution is 2.31. The Morgan fingerprint density at radius 2 is 2.31 bits per heavy atom. The molecule has 0 spiro atoms. The summed E-state index contributed by atoms with van der Waals surface area (Å²) >= 11 is 9.51. The fraction of sp³-hybridized carbons (Fsp3) is 0.400. The second-order valence-corrected chi connectivity index (χ2v) is 4.65. The molecule has 1 aliphatic heterocycles. The van der Waals surface area contributed by atoms with Gasteiger partial charge in [0.15, 0.2) is 0 Å². The molecule has 1 nitrogen and oxygen atoms in total.